The van der Waals surface area contributed by atoms with Gasteiger partial charge >= 0.3 is 0 Å². The van der Waals surface area contributed by atoms with E-state index in [0.717, 1.165) is 19.5 Å². The third-order valence-corrected chi connectivity index (χ3v) is 8.10. The van der Waals surface area contributed by atoms with Gasteiger partial charge in [0.05, 0.1) is 45.5 Å². The Morgan fingerprint density at radius 1 is 1.20 bits per heavy atom. The molecule has 0 bridgehead atoms. The summed E-state index contributed by atoms with van der Waals surface area (Å²) in [6.07, 6.45) is 0.375. The molecular formula is C28H39N3O9. The van der Waals surface area contributed by atoms with Crippen molar-refractivity contribution < 1.29 is 43.9 Å². The van der Waals surface area contributed by atoms with Crippen LogP contribution < -0.4 is 14.8 Å². The number of rotatable bonds is 10. The van der Waals surface area contributed by atoms with E-state index in [2.05, 4.69) is 10.2 Å². The number of fused-ring (bicyclic) bond motifs is 3. The number of methoxy groups -OCH3 is 1. The minimum absolute atomic E-state index is 0.0457. The molecule has 1 aromatic rings. The number of benzene rings is 1. The van der Waals surface area contributed by atoms with Crippen molar-refractivity contribution in [2.45, 2.75) is 49.7 Å². The van der Waals surface area contributed by atoms with Gasteiger partial charge in [0.2, 0.25) is 5.91 Å². The Hall–Kier alpha value is -2.74. The van der Waals surface area contributed by atoms with Gasteiger partial charge in [0, 0.05) is 50.5 Å². The van der Waals surface area contributed by atoms with Gasteiger partial charge in [0.25, 0.3) is 5.91 Å². The fourth-order valence-electron chi connectivity index (χ4n) is 6.06. The summed E-state index contributed by atoms with van der Waals surface area (Å²) in [6, 6.07) is 2.55. The van der Waals surface area contributed by atoms with Crippen LogP contribution in [0.25, 0.3) is 0 Å². The molecule has 220 valence electrons. The molecule has 5 unspecified atom stereocenters. The maximum absolute atomic E-state index is 13.8. The summed E-state index contributed by atoms with van der Waals surface area (Å²) in [6.45, 7) is 3.70. The van der Waals surface area contributed by atoms with Crippen LogP contribution in [0.15, 0.2) is 23.8 Å². The summed E-state index contributed by atoms with van der Waals surface area (Å²) in [5.74, 6) is -0.548. The highest BCUT2D eigenvalue weighted by molar-refractivity contribution is 5.96. The fourth-order valence-corrected chi connectivity index (χ4v) is 6.06. The Kier molecular flexibility index (Phi) is 9.24. The Morgan fingerprint density at radius 2 is 2.00 bits per heavy atom. The van der Waals surface area contributed by atoms with Gasteiger partial charge in [0.15, 0.2) is 11.5 Å². The molecule has 3 heterocycles. The van der Waals surface area contributed by atoms with Crippen LogP contribution in [0.3, 0.4) is 0 Å². The van der Waals surface area contributed by atoms with E-state index in [1.807, 2.05) is 0 Å². The van der Waals surface area contributed by atoms with Crippen molar-refractivity contribution in [3.63, 3.8) is 0 Å². The SMILES string of the molecule is COc1cc(CO)cc2c1OC1C2C(C(=O)NCCO)=CC(N(CCN2CCOCC2)C(=O)C2CCCO2)C1O. The highest BCUT2D eigenvalue weighted by Crippen LogP contribution is 2.51. The number of aliphatic hydroxyl groups excluding tert-OH is 3. The quantitative estimate of drug-likeness (QED) is 0.285. The molecule has 5 rings (SSSR count). The van der Waals surface area contributed by atoms with Crippen molar-refractivity contribution in [1.82, 2.24) is 15.1 Å². The number of ether oxygens (including phenoxy) is 4. The van der Waals surface area contributed by atoms with Crippen LogP contribution in [0.1, 0.15) is 29.9 Å². The zero-order valence-electron chi connectivity index (χ0n) is 22.8. The molecule has 1 aliphatic carbocycles. The van der Waals surface area contributed by atoms with E-state index >= 15 is 0 Å². The van der Waals surface area contributed by atoms with Crippen LogP contribution in [0.2, 0.25) is 0 Å². The monoisotopic (exact) mass is 561 g/mol. The number of nitrogens with one attached hydrogen (secondary N) is 1. The van der Waals surface area contributed by atoms with Crippen molar-refractivity contribution in [2.75, 3.05) is 66.3 Å². The Balaban J connectivity index is 1.52. The van der Waals surface area contributed by atoms with E-state index in [1.165, 1.54) is 7.11 Å². The van der Waals surface area contributed by atoms with Gasteiger partial charge in [-0.25, -0.2) is 0 Å². The van der Waals surface area contributed by atoms with Crippen molar-refractivity contribution in [1.29, 1.82) is 0 Å². The molecule has 2 fully saturated rings. The summed E-state index contributed by atoms with van der Waals surface area (Å²) in [4.78, 5) is 31.1. The van der Waals surface area contributed by atoms with Crippen LogP contribution in [0.5, 0.6) is 11.5 Å². The number of aliphatic hydroxyl groups is 3. The van der Waals surface area contributed by atoms with E-state index < -0.39 is 36.2 Å². The van der Waals surface area contributed by atoms with Crippen molar-refractivity contribution in [3.05, 3.63) is 34.9 Å². The van der Waals surface area contributed by atoms with Crippen LogP contribution in [0, 0.1) is 0 Å². The largest absolute Gasteiger partial charge is 0.493 e. The lowest BCUT2D eigenvalue weighted by Gasteiger charge is -2.42. The number of nitrogens with zero attached hydrogens (tertiary/aromatic N) is 2. The highest BCUT2D eigenvalue weighted by atomic mass is 16.5. The first kappa shape index (κ1) is 28.8. The first-order valence-electron chi connectivity index (χ1n) is 14.0. The lowest BCUT2D eigenvalue weighted by atomic mass is 9.77. The molecule has 12 heteroatoms. The number of hydrogen-bond donors (Lipinski definition) is 4. The molecule has 0 spiro atoms. The molecule has 2 amide bonds. The lowest BCUT2D eigenvalue weighted by molar-refractivity contribution is -0.147. The summed E-state index contributed by atoms with van der Waals surface area (Å²) < 4.78 is 23.0. The van der Waals surface area contributed by atoms with Crippen LogP contribution in [0.4, 0.5) is 0 Å². The van der Waals surface area contributed by atoms with Crippen LogP contribution >= 0.6 is 0 Å². The molecule has 5 atom stereocenters. The number of amides is 2. The van der Waals surface area contributed by atoms with Crippen LogP contribution in [-0.4, -0.2) is 128 Å². The highest BCUT2D eigenvalue weighted by Gasteiger charge is 2.52. The average Bonchev–Trinajstić information content (AvgIpc) is 3.66. The minimum atomic E-state index is -1.16. The molecule has 12 nitrogen and oxygen atoms in total. The smallest absolute Gasteiger partial charge is 0.252 e. The number of carbonyl (C=O) groups excluding carboxylic acids is 2. The van der Waals surface area contributed by atoms with Gasteiger partial charge in [-0.2, -0.15) is 0 Å². The summed E-state index contributed by atoms with van der Waals surface area (Å²) in [5, 5.41) is 33.7. The maximum atomic E-state index is 13.8. The number of carbonyl (C=O) groups is 2. The predicted octanol–water partition coefficient (Wildman–Crippen LogP) is -0.850. The van der Waals surface area contributed by atoms with Crippen molar-refractivity contribution >= 4 is 11.8 Å². The van der Waals surface area contributed by atoms with E-state index in [0.29, 0.717) is 67.5 Å². The fraction of sp³-hybridized carbons (Fsp3) is 0.643. The lowest BCUT2D eigenvalue weighted by Crippen LogP contribution is -2.58. The Morgan fingerprint density at radius 3 is 2.67 bits per heavy atom. The molecule has 2 saturated heterocycles. The van der Waals surface area contributed by atoms with Gasteiger partial charge < -0.3 is 44.5 Å². The molecular weight excluding hydrogens is 522 g/mol. The van der Waals surface area contributed by atoms with E-state index in [4.69, 9.17) is 18.9 Å². The van der Waals surface area contributed by atoms with Gasteiger partial charge in [-0.15, -0.1) is 0 Å². The summed E-state index contributed by atoms with van der Waals surface area (Å²) >= 11 is 0. The number of hydrogen-bond acceptors (Lipinski definition) is 10. The van der Waals surface area contributed by atoms with Crippen molar-refractivity contribution in [3.8, 4) is 11.5 Å². The molecule has 40 heavy (non-hydrogen) atoms. The zero-order valence-corrected chi connectivity index (χ0v) is 22.8. The molecule has 1 aromatic carbocycles. The average molecular weight is 562 g/mol. The van der Waals surface area contributed by atoms with Gasteiger partial charge in [-0.3, -0.25) is 14.5 Å². The van der Waals surface area contributed by atoms with Crippen LogP contribution in [-0.2, 0) is 25.7 Å². The third kappa shape index (κ3) is 5.69. The predicted molar refractivity (Wildman–Crippen MR) is 142 cm³/mol. The summed E-state index contributed by atoms with van der Waals surface area (Å²) in [5.41, 5.74) is 1.51. The normalized spacial score (nSPS) is 27.8. The second kappa shape index (κ2) is 12.8. The summed E-state index contributed by atoms with van der Waals surface area (Å²) in [7, 11) is 1.49. The molecule has 0 radical (unpaired) electrons. The van der Waals surface area contributed by atoms with Gasteiger partial charge in [-0.1, -0.05) is 0 Å². The van der Waals surface area contributed by atoms with Gasteiger partial charge in [0.1, 0.15) is 18.3 Å². The first-order valence-corrected chi connectivity index (χ1v) is 14.0. The van der Waals surface area contributed by atoms with E-state index in [9.17, 15) is 24.9 Å². The molecule has 3 aliphatic heterocycles. The standard InChI is InChI=1S/C28H39N3O9/c1-37-22-14-17(16-33)13-18-23-19(27(35)29-4-9-32)15-20(24(34)26(23)40-25(18)22)31(28(36)21-3-2-10-39-21)6-5-30-7-11-38-12-8-30/h13-15,20-21,23-24,26,32-34H,2-12,16H2,1H3,(H,29,35). The van der Waals surface area contributed by atoms with E-state index in [1.54, 1.807) is 23.1 Å². The Labute approximate surface area is 233 Å². The molecule has 4 N–H and O–H groups in total. The minimum Gasteiger partial charge on any atom is -0.493 e. The number of morpholine rings is 1. The second-order valence-corrected chi connectivity index (χ2v) is 10.5. The second-order valence-electron chi connectivity index (χ2n) is 10.5. The third-order valence-electron chi connectivity index (χ3n) is 8.10. The molecule has 0 saturated carbocycles. The Bertz CT molecular complexity index is 1100. The zero-order chi connectivity index (χ0) is 28.2. The molecule has 0 aromatic heterocycles. The van der Waals surface area contributed by atoms with E-state index in [-0.39, 0.29) is 25.7 Å². The first-order chi connectivity index (χ1) is 19.5. The topological polar surface area (TPSA) is 150 Å². The van der Waals surface area contributed by atoms with Gasteiger partial charge in [-0.05, 0) is 36.6 Å². The van der Waals surface area contributed by atoms with Crippen molar-refractivity contribution in [2.24, 2.45) is 0 Å². The molecule has 4 aliphatic rings. The maximum Gasteiger partial charge on any atom is 0.252 e.